The zero-order chi connectivity index (χ0) is 25.7. The van der Waals surface area contributed by atoms with Gasteiger partial charge in [-0.2, -0.15) is 0 Å². The van der Waals surface area contributed by atoms with E-state index in [1.165, 1.54) is 12.1 Å². The third kappa shape index (κ3) is 3.88. The maximum atomic E-state index is 13.7. The second kappa shape index (κ2) is 8.94. The van der Waals surface area contributed by atoms with Crippen LogP contribution in [0.15, 0.2) is 108 Å². The molecule has 37 heavy (non-hydrogen) atoms. The molecule has 0 radical (unpaired) electrons. The summed E-state index contributed by atoms with van der Waals surface area (Å²) in [4.78, 5) is 55.9. The first-order valence-corrected chi connectivity index (χ1v) is 12.5. The van der Waals surface area contributed by atoms with Crippen LogP contribution in [0.5, 0.6) is 0 Å². The van der Waals surface area contributed by atoms with Crippen LogP contribution in [0, 0.1) is 0 Å². The van der Waals surface area contributed by atoms with Gasteiger partial charge in [-0.3, -0.25) is 19.2 Å². The van der Waals surface area contributed by atoms with Crippen molar-refractivity contribution < 1.29 is 19.2 Å². The van der Waals surface area contributed by atoms with Crippen LogP contribution in [0.25, 0.3) is 0 Å². The average Bonchev–Trinajstić information content (AvgIpc) is 3.64. The van der Waals surface area contributed by atoms with Crippen molar-refractivity contribution in [3.8, 4) is 0 Å². The second-order valence-electron chi connectivity index (χ2n) is 8.93. The molecule has 1 fully saturated rings. The highest BCUT2D eigenvalue weighted by atomic mass is 79.9. The Morgan fingerprint density at radius 3 is 1.97 bits per heavy atom. The number of nitrogens with zero attached hydrogens (tertiary/aromatic N) is 2. The smallest absolute Gasteiger partial charge is 0.266 e. The van der Waals surface area contributed by atoms with E-state index in [9.17, 15) is 19.2 Å². The molecule has 2 heterocycles. The number of carbonyl (C=O) groups is 4. The number of benzene rings is 4. The SMILES string of the molecule is O=C(c1ccccc1)[C@@H]1[C@@H](c2ccccc2)N1C(=O)c1ccc2c(c1)C(=O)N(c1ccc(Br)cc1)C2=O. The van der Waals surface area contributed by atoms with Crippen LogP contribution < -0.4 is 4.90 Å². The molecule has 180 valence electrons. The molecule has 2 atom stereocenters. The van der Waals surface area contributed by atoms with E-state index in [4.69, 9.17) is 0 Å². The lowest BCUT2D eigenvalue weighted by Gasteiger charge is -2.13. The Hall–Kier alpha value is -4.36. The van der Waals surface area contributed by atoms with Gasteiger partial charge in [0.05, 0.1) is 22.9 Å². The van der Waals surface area contributed by atoms with Crippen LogP contribution >= 0.6 is 15.9 Å². The maximum absolute atomic E-state index is 13.7. The Kier molecular flexibility index (Phi) is 5.57. The highest BCUT2D eigenvalue weighted by molar-refractivity contribution is 9.10. The third-order valence-corrected chi connectivity index (χ3v) is 7.26. The molecule has 6 rings (SSSR count). The molecule has 0 bridgehead atoms. The molecule has 0 aromatic heterocycles. The van der Waals surface area contributed by atoms with Crippen LogP contribution in [-0.2, 0) is 0 Å². The van der Waals surface area contributed by atoms with E-state index in [-0.39, 0.29) is 28.4 Å². The van der Waals surface area contributed by atoms with Crippen molar-refractivity contribution in [1.82, 2.24) is 4.90 Å². The van der Waals surface area contributed by atoms with E-state index in [0.29, 0.717) is 11.3 Å². The minimum absolute atomic E-state index is 0.142. The number of hydrogen-bond donors (Lipinski definition) is 0. The molecule has 4 aromatic carbocycles. The molecule has 0 N–H and O–H groups in total. The Labute approximate surface area is 221 Å². The summed E-state index contributed by atoms with van der Waals surface area (Å²) in [6.07, 6.45) is 0. The molecule has 3 amide bonds. The van der Waals surface area contributed by atoms with Crippen molar-refractivity contribution in [2.24, 2.45) is 0 Å². The summed E-state index contributed by atoms with van der Waals surface area (Å²) in [6.45, 7) is 0. The number of anilines is 1. The van der Waals surface area contributed by atoms with Crippen molar-refractivity contribution in [3.05, 3.63) is 135 Å². The molecule has 1 saturated heterocycles. The summed E-state index contributed by atoms with van der Waals surface area (Å²) in [7, 11) is 0. The minimum atomic E-state index is -0.651. The molecule has 2 aliphatic rings. The van der Waals surface area contributed by atoms with Gasteiger partial charge >= 0.3 is 0 Å². The summed E-state index contributed by atoms with van der Waals surface area (Å²) in [5, 5.41) is 0. The van der Waals surface area contributed by atoms with Gasteiger partial charge in [-0.05, 0) is 48.0 Å². The minimum Gasteiger partial charge on any atom is -0.316 e. The summed E-state index contributed by atoms with van der Waals surface area (Å²) in [5.74, 6) is -1.43. The number of fused-ring (bicyclic) bond motifs is 1. The van der Waals surface area contributed by atoms with Crippen molar-refractivity contribution in [3.63, 3.8) is 0 Å². The third-order valence-electron chi connectivity index (χ3n) is 6.73. The van der Waals surface area contributed by atoms with Gasteiger partial charge in [0.15, 0.2) is 5.78 Å². The predicted molar refractivity (Wildman–Crippen MR) is 142 cm³/mol. The van der Waals surface area contributed by atoms with Crippen LogP contribution in [0.4, 0.5) is 5.69 Å². The predicted octanol–water partition coefficient (Wildman–Crippen LogP) is 5.70. The van der Waals surface area contributed by atoms with Gasteiger partial charge in [-0.15, -0.1) is 0 Å². The lowest BCUT2D eigenvalue weighted by molar-refractivity contribution is 0.0833. The van der Waals surface area contributed by atoms with Crippen LogP contribution in [-0.4, -0.2) is 34.4 Å². The summed E-state index contributed by atoms with van der Waals surface area (Å²) in [6, 6.07) is 28.6. The molecule has 0 aliphatic carbocycles. The van der Waals surface area contributed by atoms with Crippen LogP contribution in [0.2, 0.25) is 0 Å². The van der Waals surface area contributed by atoms with E-state index in [2.05, 4.69) is 15.9 Å². The second-order valence-corrected chi connectivity index (χ2v) is 9.84. The molecule has 7 heteroatoms. The van der Waals surface area contributed by atoms with Gasteiger partial charge in [0, 0.05) is 15.6 Å². The normalized spacial score (nSPS) is 18.1. The number of rotatable bonds is 5. The van der Waals surface area contributed by atoms with Gasteiger partial charge in [-0.1, -0.05) is 76.6 Å². The van der Waals surface area contributed by atoms with Crippen molar-refractivity contribution in [2.75, 3.05) is 4.90 Å². The number of amides is 3. The Bertz CT molecular complexity index is 1570. The lowest BCUT2D eigenvalue weighted by Crippen LogP contribution is -2.29. The molecule has 0 unspecified atom stereocenters. The van der Waals surface area contributed by atoms with Crippen molar-refractivity contribution >= 4 is 45.1 Å². The monoisotopic (exact) mass is 550 g/mol. The number of carbonyl (C=O) groups excluding carboxylic acids is 4. The lowest BCUT2D eigenvalue weighted by atomic mass is 10.0. The summed E-state index contributed by atoms with van der Waals surface area (Å²) in [5.41, 5.74) is 2.50. The number of halogens is 1. The standard InChI is InChI=1S/C30H19BrN2O4/c31-21-12-14-22(15-13-21)32-29(36)23-16-11-20(17-24(23)30(32)37)28(35)33-25(18-7-3-1-4-8-18)26(33)27(34)19-9-5-2-6-10-19/h1-17,25-26H/t25-,26+,33?/m1/s1. The van der Waals surface area contributed by atoms with E-state index in [0.717, 1.165) is 14.9 Å². The first-order chi connectivity index (χ1) is 18.0. The molecule has 6 nitrogen and oxygen atoms in total. The molecular weight excluding hydrogens is 532 g/mol. The fourth-order valence-corrected chi connectivity index (χ4v) is 5.13. The highest BCUT2D eigenvalue weighted by Gasteiger charge is 2.56. The van der Waals surface area contributed by atoms with E-state index in [1.54, 1.807) is 59.5 Å². The molecule has 4 aromatic rings. The number of ketones is 1. The first-order valence-electron chi connectivity index (χ1n) is 11.7. The van der Waals surface area contributed by atoms with Gasteiger partial charge < -0.3 is 4.90 Å². The molecule has 2 aliphatic heterocycles. The maximum Gasteiger partial charge on any atom is 0.266 e. The first kappa shape index (κ1) is 23.1. The van der Waals surface area contributed by atoms with E-state index < -0.39 is 23.9 Å². The summed E-state index contributed by atoms with van der Waals surface area (Å²) >= 11 is 3.35. The van der Waals surface area contributed by atoms with Gasteiger partial charge in [0.2, 0.25) is 0 Å². The molecular formula is C30H19BrN2O4. The Morgan fingerprint density at radius 1 is 0.676 bits per heavy atom. The fraction of sp³-hybridized carbons (Fsp3) is 0.0667. The molecule has 0 saturated carbocycles. The van der Waals surface area contributed by atoms with Gasteiger partial charge in [0.1, 0.15) is 6.04 Å². The Balaban J connectivity index is 1.33. The van der Waals surface area contributed by atoms with Crippen LogP contribution in [0.1, 0.15) is 53.0 Å². The van der Waals surface area contributed by atoms with E-state index in [1.807, 2.05) is 36.4 Å². The Morgan fingerprint density at radius 2 is 1.30 bits per heavy atom. The highest BCUT2D eigenvalue weighted by Crippen LogP contribution is 2.46. The number of imide groups is 1. The van der Waals surface area contributed by atoms with E-state index >= 15 is 0 Å². The molecule has 0 spiro atoms. The summed E-state index contributed by atoms with van der Waals surface area (Å²) < 4.78 is 0.826. The zero-order valence-corrected chi connectivity index (χ0v) is 21.0. The van der Waals surface area contributed by atoms with Gasteiger partial charge in [0.25, 0.3) is 17.7 Å². The number of Topliss-reactive ketones (excluding diaryl/α,β-unsaturated/α-hetero) is 1. The fourth-order valence-electron chi connectivity index (χ4n) is 4.87. The van der Waals surface area contributed by atoms with Crippen molar-refractivity contribution in [2.45, 2.75) is 12.1 Å². The van der Waals surface area contributed by atoms with Crippen LogP contribution in [0.3, 0.4) is 0 Å². The zero-order valence-electron chi connectivity index (χ0n) is 19.4. The topological polar surface area (TPSA) is 74.5 Å². The quantitative estimate of drug-likeness (QED) is 0.181. The van der Waals surface area contributed by atoms with Gasteiger partial charge in [-0.25, -0.2) is 4.90 Å². The largest absolute Gasteiger partial charge is 0.316 e. The number of hydrogen-bond acceptors (Lipinski definition) is 4. The van der Waals surface area contributed by atoms with Crippen molar-refractivity contribution in [1.29, 1.82) is 0 Å². The average molecular weight is 551 g/mol.